The summed E-state index contributed by atoms with van der Waals surface area (Å²) in [6, 6.07) is 39.6. The van der Waals surface area contributed by atoms with Crippen LogP contribution in [-0.2, 0) is 76.4 Å². The lowest BCUT2D eigenvalue weighted by molar-refractivity contribution is -0.397. The summed E-state index contributed by atoms with van der Waals surface area (Å²) in [7, 11) is -0.909. The van der Waals surface area contributed by atoms with Crippen LogP contribution in [0, 0.1) is 0 Å². The Balaban J connectivity index is 1.20. The van der Waals surface area contributed by atoms with E-state index in [1.807, 2.05) is 121 Å². The Hall–Kier alpha value is -3.87. The third kappa shape index (κ3) is 15.3. The van der Waals surface area contributed by atoms with E-state index in [2.05, 4.69) is 33.9 Å². The van der Waals surface area contributed by atoms with E-state index in [4.69, 9.17) is 51.8 Å². The van der Waals surface area contributed by atoms with Crippen molar-refractivity contribution in [1.82, 2.24) is 0 Å². The normalized spacial score (nSPS) is 27.2. The van der Waals surface area contributed by atoms with Crippen molar-refractivity contribution in [3.05, 3.63) is 144 Å². The highest BCUT2D eigenvalue weighted by molar-refractivity contribution is 6.74. The molecule has 0 bridgehead atoms. The number of methoxy groups -OCH3 is 1. The molecule has 3 aliphatic heterocycles. The zero-order valence-electron chi connectivity index (χ0n) is 41.9. The zero-order chi connectivity index (χ0) is 49.4. The average molecular weight is 985 g/mol. The van der Waals surface area contributed by atoms with E-state index in [-0.39, 0.29) is 44.0 Å². The lowest BCUT2D eigenvalue weighted by Gasteiger charge is -2.51. The highest BCUT2D eigenvalue weighted by Gasteiger charge is 2.55. The molecule has 13 nitrogen and oxygen atoms in total. The molecule has 0 radical (unpaired) electrons. The number of rotatable bonds is 25. The molecule has 3 saturated heterocycles. The second-order valence-electron chi connectivity index (χ2n) is 20.0. The van der Waals surface area contributed by atoms with Gasteiger partial charge in [0.25, 0.3) is 0 Å². The number of esters is 1. The first-order chi connectivity index (χ1) is 33.9. The highest BCUT2D eigenvalue weighted by atomic mass is 28.4. The monoisotopic (exact) mass is 985 g/mol. The molecule has 0 saturated carbocycles. The summed E-state index contributed by atoms with van der Waals surface area (Å²) in [4.78, 5) is 11.6. The summed E-state index contributed by atoms with van der Waals surface area (Å²) < 4.78 is 72.9. The van der Waals surface area contributed by atoms with E-state index < -0.39 is 76.0 Å². The van der Waals surface area contributed by atoms with Crippen LogP contribution in [0.15, 0.2) is 121 Å². The first-order valence-corrected chi connectivity index (χ1v) is 28.1. The van der Waals surface area contributed by atoms with Crippen LogP contribution in [0.2, 0.25) is 18.1 Å². The van der Waals surface area contributed by atoms with E-state index >= 15 is 0 Å². The van der Waals surface area contributed by atoms with Gasteiger partial charge in [0, 0.05) is 18.6 Å². The molecule has 4 aromatic rings. The molecule has 0 aromatic heterocycles. The third-order valence-corrected chi connectivity index (χ3v) is 18.3. The number of carbonyl (C=O) groups is 1. The smallest absolute Gasteiger partial charge is 0.305 e. The summed E-state index contributed by atoms with van der Waals surface area (Å²) in [6.07, 6.45) is -3.85. The van der Waals surface area contributed by atoms with E-state index in [0.29, 0.717) is 13.0 Å². The predicted molar refractivity (Wildman–Crippen MR) is 267 cm³/mol. The summed E-state index contributed by atoms with van der Waals surface area (Å²) in [5, 5.41) is 12.5. The minimum absolute atomic E-state index is 0.0844. The molecule has 1 unspecified atom stereocenters. The Kier molecular flexibility index (Phi) is 20.6. The molecule has 70 heavy (non-hydrogen) atoms. The van der Waals surface area contributed by atoms with Gasteiger partial charge < -0.3 is 56.9 Å². The van der Waals surface area contributed by atoms with Crippen molar-refractivity contribution in [3.63, 3.8) is 0 Å². The largest absolute Gasteiger partial charge is 0.469 e. The number of aliphatic hydroxyl groups excluding tert-OH is 1. The van der Waals surface area contributed by atoms with Crippen LogP contribution in [0.25, 0.3) is 0 Å². The van der Waals surface area contributed by atoms with Crippen LogP contribution >= 0.6 is 0 Å². The number of unbranched alkanes of at least 4 members (excludes halogenated alkanes) is 5. The summed E-state index contributed by atoms with van der Waals surface area (Å²) in [5.74, 6) is -0.180. The molecule has 11 atom stereocenters. The Morgan fingerprint density at radius 2 is 1.16 bits per heavy atom. The molecule has 14 heteroatoms. The molecule has 3 fully saturated rings. The number of ether oxygens (including phenoxy) is 10. The zero-order valence-corrected chi connectivity index (χ0v) is 42.9. The third-order valence-electron chi connectivity index (χ3n) is 13.8. The highest BCUT2D eigenvalue weighted by Crippen LogP contribution is 2.40. The number of hydrogen-bond donors (Lipinski definition) is 1. The molecule has 4 aromatic carbocycles. The molecule has 0 aliphatic carbocycles. The fraction of sp³-hybridized carbons (Fsp3) is 0.554. The Bertz CT molecular complexity index is 2090. The van der Waals surface area contributed by atoms with E-state index in [0.717, 1.165) is 60.8 Å². The van der Waals surface area contributed by atoms with Crippen molar-refractivity contribution >= 4 is 14.3 Å². The van der Waals surface area contributed by atoms with E-state index in [1.165, 1.54) is 7.11 Å². The fourth-order valence-electron chi connectivity index (χ4n) is 8.66. The van der Waals surface area contributed by atoms with E-state index in [1.54, 1.807) is 0 Å². The van der Waals surface area contributed by atoms with Crippen molar-refractivity contribution in [2.75, 3.05) is 26.9 Å². The van der Waals surface area contributed by atoms with Crippen molar-refractivity contribution in [2.24, 2.45) is 0 Å². The maximum absolute atomic E-state index is 12.6. The van der Waals surface area contributed by atoms with Gasteiger partial charge >= 0.3 is 5.97 Å². The average Bonchev–Trinajstić information content (AvgIpc) is 3.37. The van der Waals surface area contributed by atoms with Crippen LogP contribution in [0.1, 0.15) is 94.3 Å². The van der Waals surface area contributed by atoms with Crippen LogP contribution in [0.5, 0.6) is 0 Å². The number of carbonyl (C=O) groups excluding carboxylic acids is 1. The Morgan fingerprint density at radius 1 is 0.629 bits per heavy atom. The van der Waals surface area contributed by atoms with Crippen molar-refractivity contribution in [2.45, 2.75) is 171 Å². The quantitative estimate of drug-likeness (QED) is 0.0383. The van der Waals surface area contributed by atoms with Crippen LogP contribution < -0.4 is 0 Å². The summed E-state index contributed by atoms with van der Waals surface area (Å²) in [6.45, 7) is 12.5. The molecular formula is C56H76O13Si. The van der Waals surface area contributed by atoms with Gasteiger partial charge in [0.05, 0.1) is 40.1 Å². The standard InChI is InChI=1S/C56H76O13Si/c1-56(2,3)70(5,6)65-39-45-49(61-35-40-25-15-11-16-26-40)51(62-36-41-27-17-12-18-28-41)52(63-37-42-29-19-13-20-30-42)55(67-45)69-50-47(58)48-44(38-64-53(68-48)43-31-21-14-22-32-43)66-54(50)60-34-24-10-8-7-9-23-33-46(57)59-4/h11-22,25-32,44-45,47-55,58H,7-10,23-24,33-39H2,1-6H3/t44-,45-,47+,48-,49-,50-,51+,52-,53?,54+,55-/m1/s1. The van der Waals surface area contributed by atoms with Gasteiger partial charge in [0.15, 0.2) is 27.2 Å². The minimum Gasteiger partial charge on any atom is -0.469 e. The molecule has 3 aliphatic rings. The fourth-order valence-corrected chi connectivity index (χ4v) is 9.67. The number of benzene rings is 4. The number of fused-ring (bicyclic) bond motifs is 1. The van der Waals surface area contributed by atoms with Gasteiger partial charge in [0.2, 0.25) is 0 Å². The molecule has 0 amide bonds. The number of aliphatic hydroxyl groups is 1. The Labute approximate surface area is 416 Å². The van der Waals surface area contributed by atoms with Crippen LogP contribution in [-0.4, -0.2) is 108 Å². The van der Waals surface area contributed by atoms with Crippen molar-refractivity contribution in [1.29, 1.82) is 0 Å². The minimum atomic E-state index is -2.33. The topological polar surface area (TPSA) is 139 Å². The first-order valence-electron chi connectivity index (χ1n) is 25.2. The van der Waals surface area contributed by atoms with Gasteiger partial charge in [-0.2, -0.15) is 0 Å². The van der Waals surface area contributed by atoms with Gasteiger partial charge in [-0.15, -0.1) is 0 Å². The van der Waals surface area contributed by atoms with Gasteiger partial charge in [-0.3, -0.25) is 4.79 Å². The van der Waals surface area contributed by atoms with E-state index in [9.17, 15) is 9.90 Å². The van der Waals surface area contributed by atoms with Crippen molar-refractivity contribution in [3.8, 4) is 0 Å². The van der Waals surface area contributed by atoms with Gasteiger partial charge in [0.1, 0.15) is 48.8 Å². The molecule has 382 valence electrons. The summed E-state index contributed by atoms with van der Waals surface area (Å²) >= 11 is 0. The molecule has 0 spiro atoms. The molecule has 3 heterocycles. The maximum Gasteiger partial charge on any atom is 0.305 e. The van der Waals surface area contributed by atoms with Crippen molar-refractivity contribution < 1.29 is 61.7 Å². The molecule has 1 N–H and O–H groups in total. The van der Waals surface area contributed by atoms with Gasteiger partial charge in [-0.1, -0.05) is 168 Å². The lowest BCUT2D eigenvalue weighted by Crippen LogP contribution is -2.67. The second-order valence-corrected chi connectivity index (χ2v) is 24.8. The van der Waals surface area contributed by atoms with Gasteiger partial charge in [-0.05, 0) is 47.7 Å². The first kappa shape index (κ1) is 53.9. The van der Waals surface area contributed by atoms with Gasteiger partial charge in [-0.25, -0.2) is 0 Å². The van der Waals surface area contributed by atoms with Crippen LogP contribution in [0.4, 0.5) is 0 Å². The summed E-state index contributed by atoms with van der Waals surface area (Å²) in [5.41, 5.74) is 3.74. The van der Waals surface area contributed by atoms with Crippen LogP contribution in [0.3, 0.4) is 0 Å². The lowest BCUT2D eigenvalue weighted by atomic mass is 9.96. The Morgan fingerprint density at radius 3 is 1.73 bits per heavy atom. The molecular weight excluding hydrogens is 909 g/mol. The maximum atomic E-state index is 12.6. The predicted octanol–water partition coefficient (Wildman–Crippen LogP) is 9.99. The molecule has 7 rings (SSSR count). The SMILES string of the molecule is COC(=O)CCCCCCCCO[C@H]1O[C@@H]2COC(c3ccccc3)O[C@H]2[C@H](O)[C@H]1O[C@H]1O[C@H](CO[Si](C)(C)C(C)(C)C)[C@@H](OCc2ccccc2)[C@H](OCc2ccccc2)[C@H]1OCc1ccccc1. The second kappa shape index (κ2) is 26.7. The number of hydrogen-bond acceptors (Lipinski definition) is 13.